The van der Waals surface area contributed by atoms with Crippen LogP contribution in [0.3, 0.4) is 0 Å². The Morgan fingerprint density at radius 3 is 2.60 bits per heavy atom. The third kappa shape index (κ3) is 4.53. The molecule has 1 N–H and O–H groups in total. The summed E-state index contributed by atoms with van der Waals surface area (Å²) >= 11 is 0. The number of nitrogens with zero attached hydrogens (tertiary/aromatic N) is 2. The second-order valence-corrected chi connectivity index (χ2v) is 10.1. The highest BCUT2D eigenvalue weighted by Crippen LogP contribution is 2.49. The van der Waals surface area contributed by atoms with E-state index in [9.17, 15) is 4.79 Å². The maximum Gasteiger partial charge on any atom is 0.303 e. The van der Waals surface area contributed by atoms with E-state index in [-0.39, 0.29) is 17.9 Å². The summed E-state index contributed by atoms with van der Waals surface area (Å²) in [5, 5.41) is 12.7. The zero-order valence-electron chi connectivity index (χ0n) is 20.4. The molecule has 4 heteroatoms. The van der Waals surface area contributed by atoms with Crippen LogP contribution in [0, 0.1) is 0 Å². The molecule has 4 nitrogen and oxygen atoms in total. The maximum atomic E-state index is 10.9. The molecule has 0 saturated heterocycles. The molecule has 0 aliphatic carbocycles. The third-order valence-electron chi connectivity index (χ3n) is 7.31. The number of hydrogen-bond donors (Lipinski definition) is 1. The molecule has 3 aromatic carbocycles. The lowest BCUT2D eigenvalue weighted by Crippen LogP contribution is -2.40. The quantitative estimate of drug-likeness (QED) is 0.280. The number of unbranched alkanes of at least 4 members (excludes halogenated alkanes) is 2. The summed E-state index contributed by atoms with van der Waals surface area (Å²) in [6.45, 7) is 5.59. The molecule has 178 valence electrons. The Kier molecular flexibility index (Phi) is 6.29. The summed E-state index contributed by atoms with van der Waals surface area (Å²) in [6.07, 6.45) is 9.33. The Morgan fingerprint density at radius 1 is 1.00 bits per heavy atom. The summed E-state index contributed by atoms with van der Waals surface area (Å²) in [5.41, 5.74) is 4.71. The van der Waals surface area contributed by atoms with Gasteiger partial charge in [0.25, 0.3) is 0 Å². The maximum absolute atomic E-state index is 10.9. The lowest BCUT2D eigenvalue weighted by molar-refractivity contribution is -0.137. The summed E-state index contributed by atoms with van der Waals surface area (Å²) in [6, 6.07) is 23.7. The number of hydrogen-bond acceptors (Lipinski definition) is 3. The van der Waals surface area contributed by atoms with E-state index in [1.54, 1.807) is 0 Å². The SMILES string of the molecule is CC1(C)c2c(ccc3ccccc23)N(CCCCCC(=O)O)C1C=Cc1cnc2ccccc2c1. The van der Waals surface area contributed by atoms with Crippen LogP contribution in [0.1, 0.15) is 50.7 Å². The normalized spacial score (nSPS) is 16.9. The monoisotopic (exact) mass is 464 g/mol. The first kappa shape index (κ1) is 23.1. The Hall–Kier alpha value is -3.66. The topological polar surface area (TPSA) is 53.4 Å². The highest BCUT2D eigenvalue weighted by atomic mass is 16.4. The van der Waals surface area contributed by atoms with E-state index in [4.69, 9.17) is 5.11 Å². The van der Waals surface area contributed by atoms with Crippen LogP contribution >= 0.6 is 0 Å². The van der Waals surface area contributed by atoms with Gasteiger partial charge >= 0.3 is 5.97 Å². The van der Waals surface area contributed by atoms with Gasteiger partial charge in [0, 0.05) is 35.7 Å². The second kappa shape index (κ2) is 9.53. The summed E-state index contributed by atoms with van der Waals surface area (Å²) in [7, 11) is 0. The number of para-hydroxylation sites is 1. The molecule has 0 amide bonds. The van der Waals surface area contributed by atoms with Gasteiger partial charge in [-0.2, -0.15) is 0 Å². The summed E-state index contributed by atoms with van der Waals surface area (Å²) in [4.78, 5) is 18.1. The highest BCUT2D eigenvalue weighted by molar-refractivity contribution is 5.93. The molecule has 0 fully saturated rings. The van der Waals surface area contributed by atoms with Crippen LogP contribution in [0.15, 0.2) is 79.0 Å². The van der Waals surface area contributed by atoms with Crippen LogP contribution in [0.5, 0.6) is 0 Å². The number of aromatic nitrogens is 1. The van der Waals surface area contributed by atoms with Gasteiger partial charge in [-0.25, -0.2) is 0 Å². The van der Waals surface area contributed by atoms with E-state index in [0.29, 0.717) is 0 Å². The molecule has 0 saturated carbocycles. The van der Waals surface area contributed by atoms with Crippen molar-refractivity contribution in [2.45, 2.75) is 51.0 Å². The van der Waals surface area contributed by atoms with Crippen molar-refractivity contribution in [1.82, 2.24) is 4.98 Å². The lowest BCUT2D eigenvalue weighted by atomic mass is 9.78. The van der Waals surface area contributed by atoms with Crippen LogP contribution in [0.2, 0.25) is 0 Å². The smallest absolute Gasteiger partial charge is 0.303 e. The predicted molar refractivity (Wildman–Crippen MR) is 145 cm³/mol. The van der Waals surface area contributed by atoms with E-state index in [1.807, 2.05) is 24.4 Å². The van der Waals surface area contributed by atoms with Gasteiger partial charge in [0.15, 0.2) is 0 Å². The summed E-state index contributed by atoms with van der Waals surface area (Å²) < 4.78 is 0. The average Bonchev–Trinajstić information content (AvgIpc) is 3.08. The van der Waals surface area contributed by atoms with Gasteiger partial charge in [0.1, 0.15) is 0 Å². The minimum Gasteiger partial charge on any atom is -0.481 e. The van der Waals surface area contributed by atoms with Crippen molar-refractivity contribution in [2.75, 3.05) is 11.4 Å². The fourth-order valence-electron chi connectivity index (χ4n) is 5.58. The van der Waals surface area contributed by atoms with E-state index < -0.39 is 5.97 Å². The molecular formula is C31H32N2O2. The van der Waals surface area contributed by atoms with Crippen molar-refractivity contribution in [3.63, 3.8) is 0 Å². The highest BCUT2D eigenvalue weighted by Gasteiger charge is 2.43. The number of carbonyl (C=O) groups is 1. The Bertz CT molecular complexity index is 1410. The molecule has 5 rings (SSSR count). The zero-order chi connectivity index (χ0) is 24.4. The van der Waals surface area contributed by atoms with Crippen LogP contribution < -0.4 is 4.90 Å². The van der Waals surface area contributed by atoms with Crippen LogP contribution in [0.4, 0.5) is 5.69 Å². The first-order chi connectivity index (χ1) is 16.9. The van der Waals surface area contributed by atoms with E-state index in [1.165, 1.54) is 22.0 Å². The van der Waals surface area contributed by atoms with Gasteiger partial charge in [0.2, 0.25) is 0 Å². The van der Waals surface area contributed by atoms with Gasteiger partial charge in [-0.15, -0.1) is 0 Å². The van der Waals surface area contributed by atoms with Gasteiger partial charge in [-0.05, 0) is 52.9 Å². The molecule has 0 radical (unpaired) electrons. The van der Waals surface area contributed by atoms with Gasteiger partial charge in [0.05, 0.1) is 11.6 Å². The Balaban J connectivity index is 1.49. The molecule has 2 heterocycles. The van der Waals surface area contributed by atoms with Crippen molar-refractivity contribution < 1.29 is 9.90 Å². The molecule has 1 atom stereocenters. The van der Waals surface area contributed by atoms with Crippen molar-refractivity contribution in [3.8, 4) is 0 Å². The molecule has 4 aromatic rings. The molecule has 1 aliphatic rings. The molecule has 1 unspecified atom stereocenters. The number of anilines is 1. The van der Waals surface area contributed by atoms with E-state index in [0.717, 1.165) is 42.3 Å². The number of rotatable bonds is 8. The van der Waals surface area contributed by atoms with Gasteiger partial charge in [-0.3, -0.25) is 9.78 Å². The predicted octanol–water partition coefficient (Wildman–Crippen LogP) is 7.21. The first-order valence-corrected chi connectivity index (χ1v) is 12.5. The molecule has 0 spiro atoms. The largest absolute Gasteiger partial charge is 0.481 e. The Labute approximate surface area is 206 Å². The second-order valence-electron chi connectivity index (χ2n) is 10.1. The number of carboxylic acids is 1. The number of carboxylic acid groups (broad SMARTS) is 1. The van der Waals surface area contributed by atoms with Crippen LogP contribution in [-0.4, -0.2) is 28.6 Å². The molecule has 1 aliphatic heterocycles. The van der Waals surface area contributed by atoms with Gasteiger partial charge in [-0.1, -0.05) is 81.0 Å². The van der Waals surface area contributed by atoms with Crippen molar-refractivity contribution in [1.29, 1.82) is 0 Å². The van der Waals surface area contributed by atoms with E-state index in [2.05, 4.69) is 84.4 Å². The minimum atomic E-state index is -0.714. The van der Waals surface area contributed by atoms with Crippen molar-refractivity contribution in [2.24, 2.45) is 0 Å². The molecular weight excluding hydrogens is 432 g/mol. The molecule has 35 heavy (non-hydrogen) atoms. The molecule has 1 aromatic heterocycles. The number of fused-ring (bicyclic) bond motifs is 4. The number of aliphatic carboxylic acids is 1. The third-order valence-corrected chi connectivity index (χ3v) is 7.31. The number of pyridine rings is 1. The number of benzene rings is 3. The van der Waals surface area contributed by atoms with Crippen LogP contribution in [0.25, 0.3) is 27.8 Å². The van der Waals surface area contributed by atoms with Crippen molar-refractivity contribution in [3.05, 3.63) is 90.1 Å². The van der Waals surface area contributed by atoms with Gasteiger partial charge < -0.3 is 10.0 Å². The standard InChI is InChI=1S/C31H32N2O2/c1-31(2)28(18-15-22-20-24-11-6-8-13-26(24)32-21-22)33(19-9-3-4-14-29(34)35)27-17-16-23-10-5-7-12-25(23)30(27)31/h5-8,10-13,15-18,20-21,28H,3-4,9,14,19H2,1-2H3,(H,34,35). The summed E-state index contributed by atoms with van der Waals surface area (Å²) in [5.74, 6) is -0.714. The first-order valence-electron chi connectivity index (χ1n) is 12.5. The minimum absolute atomic E-state index is 0.0853. The Morgan fingerprint density at radius 2 is 1.77 bits per heavy atom. The lowest BCUT2D eigenvalue weighted by Gasteiger charge is -2.32. The molecule has 0 bridgehead atoms. The fraction of sp³-hybridized carbons (Fsp3) is 0.290. The average molecular weight is 465 g/mol. The van der Waals surface area contributed by atoms with Crippen LogP contribution in [-0.2, 0) is 10.2 Å². The van der Waals surface area contributed by atoms with Crippen molar-refractivity contribution >= 4 is 39.4 Å². The fourth-order valence-corrected chi connectivity index (χ4v) is 5.58. The zero-order valence-corrected chi connectivity index (χ0v) is 20.4. The van der Waals surface area contributed by atoms with E-state index >= 15 is 0 Å².